The minimum atomic E-state index is -0.752. The highest BCUT2D eigenvalue weighted by Crippen LogP contribution is 2.32. The van der Waals surface area contributed by atoms with Crippen molar-refractivity contribution in [3.05, 3.63) is 62.5 Å². The Kier molecular flexibility index (Phi) is 6.23. The molecule has 0 saturated heterocycles. The highest BCUT2D eigenvalue weighted by molar-refractivity contribution is 9.11. The van der Waals surface area contributed by atoms with E-state index in [2.05, 4.69) is 31.9 Å². The monoisotopic (exact) mass is 414 g/mol. The molecule has 0 amide bonds. The number of ether oxygens (including phenoxy) is 2. The molecule has 0 aliphatic heterocycles. The van der Waals surface area contributed by atoms with Crippen LogP contribution in [-0.4, -0.2) is 25.4 Å². The van der Waals surface area contributed by atoms with Gasteiger partial charge < -0.3 is 14.6 Å². The van der Waals surface area contributed by atoms with E-state index in [-0.39, 0.29) is 0 Å². The second kappa shape index (κ2) is 7.94. The number of aliphatic hydroxyl groups is 1. The van der Waals surface area contributed by atoms with Gasteiger partial charge in [0, 0.05) is 21.6 Å². The summed E-state index contributed by atoms with van der Waals surface area (Å²) in [7, 11) is 1.63. The second-order valence-corrected chi connectivity index (χ2v) is 6.32. The van der Waals surface area contributed by atoms with Crippen LogP contribution in [0.1, 0.15) is 17.2 Å². The Balaban J connectivity index is 2.27. The van der Waals surface area contributed by atoms with Crippen molar-refractivity contribution in [2.45, 2.75) is 6.10 Å². The number of para-hydroxylation sites is 1. The first-order valence-electron chi connectivity index (χ1n) is 6.46. The Labute approximate surface area is 141 Å². The molecule has 2 aromatic carbocycles. The fraction of sp³-hybridized carbons (Fsp3) is 0.250. The smallest absolute Gasteiger partial charge is 0.125 e. The fourth-order valence-electron chi connectivity index (χ4n) is 1.99. The van der Waals surface area contributed by atoms with Gasteiger partial charge in [0.25, 0.3) is 0 Å². The van der Waals surface area contributed by atoms with Crippen LogP contribution in [0.25, 0.3) is 0 Å². The molecule has 1 N–H and O–H groups in total. The maximum Gasteiger partial charge on any atom is 0.125 e. The van der Waals surface area contributed by atoms with E-state index in [1.165, 1.54) is 0 Å². The quantitative estimate of drug-likeness (QED) is 0.714. The van der Waals surface area contributed by atoms with Crippen molar-refractivity contribution in [3.8, 4) is 5.75 Å². The van der Waals surface area contributed by atoms with Crippen LogP contribution in [0.3, 0.4) is 0 Å². The van der Waals surface area contributed by atoms with Crippen LogP contribution >= 0.6 is 31.9 Å². The molecule has 2 rings (SSSR count). The van der Waals surface area contributed by atoms with Crippen molar-refractivity contribution in [2.75, 3.05) is 20.3 Å². The molecule has 0 saturated carbocycles. The van der Waals surface area contributed by atoms with Crippen LogP contribution in [0.2, 0.25) is 0 Å². The van der Waals surface area contributed by atoms with E-state index in [9.17, 15) is 5.11 Å². The topological polar surface area (TPSA) is 38.7 Å². The van der Waals surface area contributed by atoms with Crippen LogP contribution in [0.15, 0.2) is 51.4 Å². The zero-order valence-electron chi connectivity index (χ0n) is 11.6. The van der Waals surface area contributed by atoms with Crippen LogP contribution in [-0.2, 0) is 4.74 Å². The maximum atomic E-state index is 10.6. The van der Waals surface area contributed by atoms with Crippen molar-refractivity contribution < 1.29 is 14.6 Å². The Morgan fingerprint density at radius 2 is 1.71 bits per heavy atom. The third-order valence-electron chi connectivity index (χ3n) is 2.96. The zero-order chi connectivity index (χ0) is 15.2. The van der Waals surface area contributed by atoms with Gasteiger partial charge in [-0.25, -0.2) is 0 Å². The Morgan fingerprint density at radius 3 is 2.38 bits per heavy atom. The predicted molar refractivity (Wildman–Crippen MR) is 89.7 cm³/mol. The minimum absolute atomic E-state index is 0.447. The van der Waals surface area contributed by atoms with E-state index in [1.54, 1.807) is 7.11 Å². The lowest BCUT2D eigenvalue weighted by Gasteiger charge is -2.17. The summed E-state index contributed by atoms with van der Waals surface area (Å²) in [6.45, 7) is 0.954. The summed E-state index contributed by atoms with van der Waals surface area (Å²) < 4.78 is 12.5. The number of aliphatic hydroxyl groups excluding tert-OH is 1. The average molecular weight is 416 g/mol. The Hall–Kier alpha value is -0.880. The maximum absolute atomic E-state index is 10.6. The molecule has 0 bridgehead atoms. The molecule has 1 unspecified atom stereocenters. The number of hydrogen-bond acceptors (Lipinski definition) is 3. The number of rotatable bonds is 6. The molecule has 0 spiro atoms. The lowest BCUT2D eigenvalue weighted by atomic mass is 10.0. The summed E-state index contributed by atoms with van der Waals surface area (Å²) >= 11 is 6.87. The molecule has 0 aliphatic rings. The number of methoxy groups -OCH3 is 1. The molecule has 0 radical (unpaired) electrons. The standard InChI is InChI=1S/C16H16Br2O3/c1-20-6-7-21-15-5-3-2-4-14(15)16(19)11-8-12(17)10-13(18)9-11/h2-5,8-10,16,19H,6-7H2,1H3. The van der Waals surface area contributed by atoms with Gasteiger partial charge in [0.2, 0.25) is 0 Å². The van der Waals surface area contributed by atoms with E-state index in [0.717, 1.165) is 20.1 Å². The van der Waals surface area contributed by atoms with Crippen molar-refractivity contribution in [1.29, 1.82) is 0 Å². The zero-order valence-corrected chi connectivity index (χ0v) is 14.7. The van der Waals surface area contributed by atoms with Crippen LogP contribution in [0.4, 0.5) is 0 Å². The molecule has 3 nitrogen and oxygen atoms in total. The molecule has 2 aromatic rings. The number of halogens is 2. The van der Waals surface area contributed by atoms with E-state index < -0.39 is 6.10 Å². The first kappa shape index (κ1) is 16.5. The molecule has 0 aromatic heterocycles. The third-order valence-corrected chi connectivity index (χ3v) is 3.87. The summed E-state index contributed by atoms with van der Waals surface area (Å²) in [6.07, 6.45) is -0.752. The van der Waals surface area contributed by atoms with Gasteiger partial charge >= 0.3 is 0 Å². The van der Waals surface area contributed by atoms with E-state index in [0.29, 0.717) is 19.0 Å². The van der Waals surface area contributed by atoms with Gasteiger partial charge in [0.1, 0.15) is 18.5 Å². The molecule has 21 heavy (non-hydrogen) atoms. The van der Waals surface area contributed by atoms with Crippen LogP contribution in [0, 0.1) is 0 Å². The predicted octanol–water partition coefficient (Wildman–Crippen LogP) is 4.32. The number of benzene rings is 2. The van der Waals surface area contributed by atoms with E-state index >= 15 is 0 Å². The molecular formula is C16H16Br2O3. The minimum Gasteiger partial charge on any atom is -0.491 e. The normalized spacial score (nSPS) is 12.2. The number of hydrogen-bond donors (Lipinski definition) is 1. The van der Waals surface area contributed by atoms with Gasteiger partial charge in [0.15, 0.2) is 0 Å². The van der Waals surface area contributed by atoms with Gasteiger partial charge in [-0.05, 0) is 29.8 Å². The summed E-state index contributed by atoms with van der Waals surface area (Å²) in [4.78, 5) is 0. The summed E-state index contributed by atoms with van der Waals surface area (Å²) in [5, 5.41) is 10.6. The summed E-state index contributed by atoms with van der Waals surface area (Å²) in [5.41, 5.74) is 1.53. The van der Waals surface area contributed by atoms with Crippen molar-refractivity contribution in [2.24, 2.45) is 0 Å². The molecule has 112 valence electrons. The van der Waals surface area contributed by atoms with Gasteiger partial charge in [-0.2, -0.15) is 0 Å². The average Bonchev–Trinajstić information content (AvgIpc) is 2.46. The molecule has 0 fully saturated rings. The molecule has 5 heteroatoms. The van der Waals surface area contributed by atoms with Gasteiger partial charge in [0.05, 0.1) is 6.61 Å². The molecule has 0 aliphatic carbocycles. The van der Waals surface area contributed by atoms with Gasteiger partial charge in [-0.1, -0.05) is 50.1 Å². The third kappa shape index (κ3) is 4.54. The SMILES string of the molecule is COCCOc1ccccc1C(O)c1cc(Br)cc(Br)c1. The van der Waals surface area contributed by atoms with E-state index in [1.807, 2.05) is 42.5 Å². The highest BCUT2D eigenvalue weighted by atomic mass is 79.9. The largest absolute Gasteiger partial charge is 0.491 e. The molecular weight excluding hydrogens is 400 g/mol. The van der Waals surface area contributed by atoms with Crippen LogP contribution in [0.5, 0.6) is 5.75 Å². The fourth-order valence-corrected chi connectivity index (χ4v) is 3.31. The first-order chi connectivity index (χ1) is 10.1. The van der Waals surface area contributed by atoms with Crippen molar-refractivity contribution in [1.82, 2.24) is 0 Å². The first-order valence-corrected chi connectivity index (χ1v) is 8.05. The van der Waals surface area contributed by atoms with Crippen LogP contribution < -0.4 is 4.74 Å². The molecule has 0 heterocycles. The van der Waals surface area contributed by atoms with E-state index in [4.69, 9.17) is 9.47 Å². The second-order valence-electron chi connectivity index (χ2n) is 4.48. The Morgan fingerprint density at radius 1 is 1.05 bits per heavy atom. The van der Waals surface area contributed by atoms with Crippen molar-refractivity contribution in [3.63, 3.8) is 0 Å². The van der Waals surface area contributed by atoms with Gasteiger partial charge in [-0.15, -0.1) is 0 Å². The summed E-state index contributed by atoms with van der Waals surface area (Å²) in [6, 6.07) is 13.2. The summed E-state index contributed by atoms with van der Waals surface area (Å²) in [5.74, 6) is 0.665. The van der Waals surface area contributed by atoms with Gasteiger partial charge in [-0.3, -0.25) is 0 Å². The highest BCUT2D eigenvalue weighted by Gasteiger charge is 2.16. The molecule has 1 atom stereocenters. The Bertz CT molecular complexity index is 582. The lowest BCUT2D eigenvalue weighted by Crippen LogP contribution is -2.08. The van der Waals surface area contributed by atoms with Crippen molar-refractivity contribution >= 4 is 31.9 Å². The lowest BCUT2D eigenvalue weighted by molar-refractivity contribution is 0.142.